The summed E-state index contributed by atoms with van der Waals surface area (Å²) in [4.78, 5) is 21.1. The van der Waals surface area contributed by atoms with Gasteiger partial charge in [0.25, 0.3) is 0 Å². The van der Waals surface area contributed by atoms with Crippen molar-refractivity contribution in [3.05, 3.63) is 25.0 Å². The lowest BCUT2D eigenvalue weighted by atomic mass is 10.1. The van der Waals surface area contributed by atoms with Crippen LogP contribution in [0.15, 0.2) is 25.0 Å². The second kappa shape index (κ2) is 5.48. The van der Waals surface area contributed by atoms with Gasteiger partial charge in [0.15, 0.2) is 0 Å². The lowest BCUT2D eigenvalue weighted by molar-refractivity contribution is -0.125. The average molecular weight is 247 g/mol. The Bertz CT molecular complexity index is 448. The number of hydrogen-bond donors (Lipinski definition) is 2. The van der Waals surface area contributed by atoms with Crippen LogP contribution in [0, 0.1) is 5.92 Å². The molecule has 18 heavy (non-hydrogen) atoms. The molecule has 1 aromatic rings. The average Bonchev–Trinajstić information content (AvgIpc) is 2.84. The van der Waals surface area contributed by atoms with E-state index >= 15 is 0 Å². The van der Waals surface area contributed by atoms with Gasteiger partial charge in [0.1, 0.15) is 18.0 Å². The van der Waals surface area contributed by atoms with Gasteiger partial charge in [0.2, 0.25) is 5.91 Å². The second-order valence-corrected chi connectivity index (χ2v) is 4.35. The van der Waals surface area contributed by atoms with E-state index in [1.54, 1.807) is 6.07 Å². The van der Waals surface area contributed by atoms with Gasteiger partial charge in [-0.05, 0) is 18.4 Å². The summed E-state index contributed by atoms with van der Waals surface area (Å²) in [5.74, 6) is 1.60. The summed E-state index contributed by atoms with van der Waals surface area (Å²) < 4.78 is 0. The van der Waals surface area contributed by atoms with Gasteiger partial charge in [-0.3, -0.25) is 4.79 Å². The van der Waals surface area contributed by atoms with Gasteiger partial charge in [0.05, 0.1) is 0 Å². The number of rotatable bonds is 4. The lowest BCUT2D eigenvalue weighted by Gasteiger charge is -2.14. The molecule has 6 heteroatoms. The number of anilines is 2. The highest BCUT2D eigenvalue weighted by molar-refractivity contribution is 5.87. The molecule has 1 aliphatic rings. The first-order chi connectivity index (χ1) is 8.69. The van der Waals surface area contributed by atoms with Gasteiger partial charge in [-0.1, -0.05) is 6.58 Å². The van der Waals surface area contributed by atoms with Crippen LogP contribution in [-0.2, 0) is 4.79 Å². The summed E-state index contributed by atoms with van der Waals surface area (Å²) in [5.41, 5.74) is 5.57. The standard InChI is InChI=1S/C12H17N5O/c1-2-12(18)17-4-3-9(7-17)6-14-11-5-10(13)15-8-16-11/h2,5,8-9H,1,3-4,6-7H2,(H3,13,14,15,16). The molecule has 0 bridgehead atoms. The molecule has 0 saturated carbocycles. The Kier molecular flexibility index (Phi) is 3.76. The second-order valence-electron chi connectivity index (χ2n) is 4.35. The molecular formula is C12H17N5O. The zero-order valence-corrected chi connectivity index (χ0v) is 10.2. The summed E-state index contributed by atoms with van der Waals surface area (Å²) in [6.07, 6.45) is 3.79. The number of nitrogens with one attached hydrogen (secondary N) is 1. The molecule has 3 N–H and O–H groups in total. The van der Waals surface area contributed by atoms with Crippen molar-refractivity contribution >= 4 is 17.5 Å². The van der Waals surface area contributed by atoms with Crippen molar-refractivity contribution in [3.8, 4) is 0 Å². The summed E-state index contributed by atoms with van der Waals surface area (Å²) in [6, 6.07) is 1.70. The van der Waals surface area contributed by atoms with Crippen LogP contribution < -0.4 is 11.1 Å². The first-order valence-corrected chi connectivity index (χ1v) is 5.92. The van der Waals surface area contributed by atoms with Crippen molar-refractivity contribution in [2.24, 2.45) is 5.92 Å². The normalized spacial score (nSPS) is 18.7. The molecule has 1 fully saturated rings. The molecule has 2 rings (SSSR count). The topological polar surface area (TPSA) is 84.1 Å². The Hall–Kier alpha value is -2.11. The third kappa shape index (κ3) is 2.97. The number of hydrogen-bond acceptors (Lipinski definition) is 5. The maximum atomic E-state index is 11.4. The van der Waals surface area contributed by atoms with Gasteiger partial charge in [-0.2, -0.15) is 0 Å². The monoisotopic (exact) mass is 247 g/mol. The maximum absolute atomic E-state index is 11.4. The van der Waals surface area contributed by atoms with Crippen LogP contribution in [0.5, 0.6) is 0 Å². The number of nitrogen functional groups attached to an aromatic ring is 1. The van der Waals surface area contributed by atoms with Gasteiger partial charge in [0, 0.05) is 25.7 Å². The van der Waals surface area contributed by atoms with E-state index in [0.717, 1.165) is 31.9 Å². The molecule has 1 aliphatic heterocycles. The highest BCUT2D eigenvalue weighted by Gasteiger charge is 2.24. The molecule has 1 unspecified atom stereocenters. The summed E-state index contributed by atoms with van der Waals surface area (Å²) in [6.45, 7) is 5.83. The van der Waals surface area contributed by atoms with E-state index in [9.17, 15) is 4.79 Å². The predicted molar refractivity (Wildman–Crippen MR) is 69.8 cm³/mol. The van der Waals surface area contributed by atoms with Crippen molar-refractivity contribution in [1.29, 1.82) is 0 Å². The van der Waals surface area contributed by atoms with Crippen LogP contribution >= 0.6 is 0 Å². The van der Waals surface area contributed by atoms with Crippen LogP contribution in [-0.4, -0.2) is 40.4 Å². The molecule has 6 nitrogen and oxygen atoms in total. The number of nitrogens with zero attached hydrogens (tertiary/aromatic N) is 3. The van der Waals surface area contributed by atoms with Gasteiger partial charge in [-0.25, -0.2) is 9.97 Å². The highest BCUT2D eigenvalue weighted by atomic mass is 16.2. The fraction of sp³-hybridized carbons (Fsp3) is 0.417. The number of aromatic nitrogens is 2. The van der Waals surface area contributed by atoms with E-state index in [1.165, 1.54) is 12.4 Å². The van der Waals surface area contributed by atoms with Crippen LogP contribution in [0.4, 0.5) is 11.6 Å². The minimum atomic E-state index is 0.00350. The third-order valence-corrected chi connectivity index (χ3v) is 3.03. The van der Waals surface area contributed by atoms with Crippen molar-refractivity contribution < 1.29 is 4.79 Å². The number of nitrogens with two attached hydrogens (primary N) is 1. The van der Waals surface area contributed by atoms with Crippen molar-refractivity contribution in [1.82, 2.24) is 14.9 Å². The van der Waals surface area contributed by atoms with Crippen LogP contribution in [0.25, 0.3) is 0 Å². The number of amides is 1. The molecule has 0 spiro atoms. The quantitative estimate of drug-likeness (QED) is 0.757. The predicted octanol–water partition coefficient (Wildman–Crippen LogP) is 0.505. The smallest absolute Gasteiger partial charge is 0.245 e. The molecular weight excluding hydrogens is 230 g/mol. The molecule has 1 amide bonds. The van der Waals surface area contributed by atoms with E-state index in [0.29, 0.717) is 11.7 Å². The molecule has 2 heterocycles. The first kappa shape index (κ1) is 12.3. The van der Waals surface area contributed by atoms with E-state index < -0.39 is 0 Å². The van der Waals surface area contributed by atoms with Gasteiger partial charge >= 0.3 is 0 Å². The molecule has 0 radical (unpaired) electrons. The zero-order valence-electron chi connectivity index (χ0n) is 10.2. The molecule has 0 aliphatic carbocycles. The Balaban J connectivity index is 1.82. The summed E-state index contributed by atoms with van der Waals surface area (Å²) in [5, 5.41) is 3.21. The Morgan fingerprint density at radius 3 is 3.22 bits per heavy atom. The van der Waals surface area contributed by atoms with Crippen molar-refractivity contribution in [2.75, 3.05) is 30.7 Å². The third-order valence-electron chi connectivity index (χ3n) is 3.03. The number of carbonyl (C=O) groups is 1. The minimum Gasteiger partial charge on any atom is -0.384 e. The number of carbonyl (C=O) groups excluding carboxylic acids is 1. The maximum Gasteiger partial charge on any atom is 0.245 e. The lowest BCUT2D eigenvalue weighted by Crippen LogP contribution is -2.28. The molecule has 1 atom stereocenters. The SMILES string of the molecule is C=CC(=O)N1CCC(CNc2cc(N)ncn2)C1. The van der Waals surface area contributed by atoms with E-state index in [2.05, 4.69) is 21.9 Å². The van der Waals surface area contributed by atoms with Crippen LogP contribution in [0.3, 0.4) is 0 Å². The molecule has 96 valence electrons. The van der Waals surface area contributed by atoms with Crippen LogP contribution in [0.2, 0.25) is 0 Å². The van der Waals surface area contributed by atoms with Gasteiger partial charge < -0.3 is 16.0 Å². The van der Waals surface area contributed by atoms with E-state index in [4.69, 9.17) is 5.73 Å². The van der Waals surface area contributed by atoms with Crippen molar-refractivity contribution in [3.63, 3.8) is 0 Å². The van der Waals surface area contributed by atoms with Gasteiger partial charge in [-0.15, -0.1) is 0 Å². The Morgan fingerprint density at radius 2 is 2.50 bits per heavy atom. The van der Waals surface area contributed by atoms with Crippen LogP contribution in [0.1, 0.15) is 6.42 Å². The van der Waals surface area contributed by atoms with Crippen molar-refractivity contribution in [2.45, 2.75) is 6.42 Å². The Labute approximate surface area is 106 Å². The highest BCUT2D eigenvalue weighted by Crippen LogP contribution is 2.17. The zero-order chi connectivity index (χ0) is 13.0. The fourth-order valence-electron chi connectivity index (χ4n) is 2.05. The number of likely N-dealkylation sites (tertiary alicyclic amines) is 1. The van der Waals surface area contributed by atoms with E-state index in [-0.39, 0.29) is 5.91 Å². The largest absolute Gasteiger partial charge is 0.384 e. The Morgan fingerprint density at radius 1 is 1.67 bits per heavy atom. The molecule has 0 aromatic carbocycles. The fourth-order valence-corrected chi connectivity index (χ4v) is 2.05. The summed E-state index contributed by atoms with van der Waals surface area (Å²) in [7, 11) is 0. The molecule has 1 saturated heterocycles. The molecule has 1 aromatic heterocycles. The summed E-state index contributed by atoms with van der Waals surface area (Å²) >= 11 is 0. The minimum absolute atomic E-state index is 0.00350. The van der Waals surface area contributed by atoms with E-state index in [1.807, 2.05) is 4.90 Å². The first-order valence-electron chi connectivity index (χ1n) is 5.92.